The standard InChI is InChI=1S/C11H25O3P/c1-3-4-5-6-7-8-9-10-11-15(12,13)14-2/h3-11H2,1-2H3,(H,12,13). The van der Waals surface area contributed by atoms with Crippen molar-refractivity contribution in [2.24, 2.45) is 0 Å². The Morgan fingerprint density at radius 3 is 1.93 bits per heavy atom. The molecule has 0 bridgehead atoms. The maximum Gasteiger partial charge on any atom is 0.327 e. The van der Waals surface area contributed by atoms with Crippen molar-refractivity contribution in [1.82, 2.24) is 0 Å². The molecule has 3 nitrogen and oxygen atoms in total. The van der Waals surface area contributed by atoms with Crippen LogP contribution in [0.1, 0.15) is 58.3 Å². The molecule has 0 fully saturated rings. The maximum atomic E-state index is 11.1. The molecule has 0 saturated heterocycles. The molecule has 92 valence electrons. The second-order valence-corrected chi connectivity index (χ2v) is 6.11. The van der Waals surface area contributed by atoms with Crippen LogP contribution < -0.4 is 0 Å². The van der Waals surface area contributed by atoms with Crippen LogP contribution in [-0.2, 0) is 9.09 Å². The Morgan fingerprint density at radius 1 is 1.00 bits per heavy atom. The monoisotopic (exact) mass is 236 g/mol. The summed E-state index contributed by atoms with van der Waals surface area (Å²) in [4.78, 5) is 9.13. The number of unbranched alkanes of at least 4 members (excludes halogenated alkanes) is 7. The van der Waals surface area contributed by atoms with E-state index in [1.807, 2.05) is 0 Å². The zero-order valence-corrected chi connectivity index (χ0v) is 11.0. The summed E-state index contributed by atoms with van der Waals surface area (Å²) in [5.41, 5.74) is 0. The normalized spacial score (nSPS) is 15.1. The molecule has 0 aromatic carbocycles. The number of rotatable bonds is 10. The van der Waals surface area contributed by atoms with Crippen molar-refractivity contribution >= 4 is 7.60 Å². The van der Waals surface area contributed by atoms with Gasteiger partial charge in [0, 0.05) is 13.3 Å². The summed E-state index contributed by atoms with van der Waals surface area (Å²) in [6, 6.07) is 0. The maximum absolute atomic E-state index is 11.1. The second-order valence-electron chi connectivity index (χ2n) is 4.02. The quantitative estimate of drug-likeness (QED) is 0.461. The highest BCUT2D eigenvalue weighted by molar-refractivity contribution is 7.52. The molecule has 0 aromatic heterocycles. The zero-order chi connectivity index (χ0) is 11.6. The van der Waals surface area contributed by atoms with E-state index in [1.54, 1.807) is 0 Å². The first-order chi connectivity index (χ1) is 7.12. The van der Waals surface area contributed by atoms with Gasteiger partial charge in [-0.25, -0.2) is 0 Å². The van der Waals surface area contributed by atoms with Crippen molar-refractivity contribution in [3.63, 3.8) is 0 Å². The average Bonchev–Trinajstić information content (AvgIpc) is 2.22. The Morgan fingerprint density at radius 2 is 1.47 bits per heavy atom. The third-order valence-corrected chi connectivity index (χ3v) is 4.03. The smallest absolute Gasteiger partial charge is 0.324 e. The van der Waals surface area contributed by atoms with Crippen LogP contribution in [0.3, 0.4) is 0 Å². The molecule has 0 spiro atoms. The van der Waals surface area contributed by atoms with E-state index in [0.29, 0.717) is 6.16 Å². The van der Waals surface area contributed by atoms with Gasteiger partial charge in [0.1, 0.15) is 0 Å². The van der Waals surface area contributed by atoms with Crippen LogP contribution >= 0.6 is 7.60 Å². The van der Waals surface area contributed by atoms with E-state index in [-0.39, 0.29) is 0 Å². The Balaban J connectivity index is 3.15. The SMILES string of the molecule is CCCCCCCCCCP(=O)(O)OC. The fourth-order valence-electron chi connectivity index (χ4n) is 1.54. The molecule has 1 N–H and O–H groups in total. The summed E-state index contributed by atoms with van der Waals surface area (Å²) >= 11 is 0. The zero-order valence-electron chi connectivity index (χ0n) is 10.1. The van der Waals surface area contributed by atoms with E-state index >= 15 is 0 Å². The van der Waals surface area contributed by atoms with E-state index < -0.39 is 7.60 Å². The number of hydrogen-bond donors (Lipinski definition) is 1. The lowest BCUT2D eigenvalue weighted by Crippen LogP contribution is -1.91. The van der Waals surface area contributed by atoms with Crippen LogP contribution in [0.2, 0.25) is 0 Å². The molecular formula is C11H25O3P. The third kappa shape index (κ3) is 10.4. The minimum Gasteiger partial charge on any atom is -0.324 e. The lowest BCUT2D eigenvalue weighted by Gasteiger charge is -2.07. The van der Waals surface area contributed by atoms with Crippen LogP contribution in [0.15, 0.2) is 0 Å². The summed E-state index contributed by atoms with van der Waals surface area (Å²) in [5.74, 6) is 0. The lowest BCUT2D eigenvalue weighted by atomic mass is 10.1. The molecule has 15 heavy (non-hydrogen) atoms. The summed E-state index contributed by atoms with van der Waals surface area (Å²) < 4.78 is 15.6. The summed E-state index contributed by atoms with van der Waals surface area (Å²) in [6.07, 6.45) is 9.81. The summed E-state index contributed by atoms with van der Waals surface area (Å²) in [6.45, 7) is 2.21. The minimum absolute atomic E-state index is 0.304. The van der Waals surface area contributed by atoms with E-state index in [9.17, 15) is 4.57 Å². The molecule has 0 radical (unpaired) electrons. The third-order valence-electron chi connectivity index (χ3n) is 2.58. The molecule has 1 atom stereocenters. The second kappa shape index (κ2) is 9.38. The van der Waals surface area contributed by atoms with E-state index in [1.165, 1.54) is 45.6 Å². The average molecular weight is 236 g/mol. The van der Waals surface area contributed by atoms with Crippen molar-refractivity contribution < 1.29 is 14.0 Å². The first kappa shape index (κ1) is 15.2. The van der Waals surface area contributed by atoms with Gasteiger partial charge in [0.2, 0.25) is 0 Å². The lowest BCUT2D eigenvalue weighted by molar-refractivity contribution is 0.314. The largest absolute Gasteiger partial charge is 0.327 e. The van der Waals surface area contributed by atoms with Gasteiger partial charge in [-0.15, -0.1) is 0 Å². The van der Waals surface area contributed by atoms with Gasteiger partial charge in [-0.05, 0) is 6.42 Å². The molecule has 4 heteroatoms. The van der Waals surface area contributed by atoms with Crippen molar-refractivity contribution in [3.05, 3.63) is 0 Å². The molecule has 0 heterocycles. The molecule has 0 saturated carbocycles. The highest BCUT2D eigenvalue weighted by atomic mass is 31.2. The van der Waals surface area contributed by atoms with Gasteiger partial charge >= 0.3 is 7.60 Å². The number of hydrogen-bond acceptors (Lipinski definition) is 2. The van der Waals surface area contributed by atoms with Gasteiger partial charge in [-0.1, -0.05) is 51.9 Å². The highest BCUT2D eigenvalue weighted by Gasteiger charge is 2.15. The van der Waals surface area contributed by atoms with Gasteiger partial charge in [-0.3, -0.25) is 4.57 Å². The van der Waals surface area contributed by atoms with Gasteiger partial charge in [0.25, 0.3) is 0 Å². The first-order valence-corrected chi connectivity index (χ1v) is 7.76. The van der Waals surface area contributed by atoms with E-state index in [4.69, 9.17) is 4.89 Å². The molecule has 0 aliphatic carbocycles. The topological polar surface area (TPSA) is 46.5 Å². The minimum atomic E-state index is -3.24. The Bertz CT molecular complexity index is 183. The van der Waals surface area contributed by atoms with Crippen molar-refractivity contribution in [3.8, 4) is 0 Å². The highest BCUT2D eigenvalue weighted by Crippen LogP contribution is 2.41. The van der Waals surface area contributed by atoms with E-state index in [0.717, 1.165) is 12.8 Å². The van der Waals surface area contributed by atoms with Crippen LogP contribution in [-0.4, -0.2) is 18.2 Å². The van der Waals surface area contributed by atoms with Crippen molar-refractivity contribution in [2.45, 2.75) is 58.3 Å². The van der Waals surface area contributed by atoms with Crippen molar-refractivity contribution in [2.75, 3.05) is 13.3 Å². The first-order valence-electron chi connectivity index (χ1n) is 6.00. The molecule has 0 aliphatic heterocycles. The summed E-state index contributed by atoms with van der Waals surface area (Å²) in [5, 5.41) is 0. The van der Waals surface area contributed by atoms with Crippen LogP contribution in [0.25, 0.3) is 0 Å². The summed E-state index contributed by atoms with van der Waals surface area (Å²) in [7, 11) is -1.94. The molecule has 0 aliphatic rings. The van der Waals surface area contributed by atoms with Crippen LogP contribution in [0.5, 0.6) is 0 Å². The molecule has 0 amide bonds. The van der Waals surface area contributed by atoms with Crippen LogP contribution in [0, 0.1) is 0 Å². The van der Waals surface area contributed by atoms with Crippen LogP contribution in [0.4, 0.5) is 0 Å². The van der Waals surface area contributed by atoms with Gasteiger partial charge in [-0.2, -0.15) is 0 Å². The molecule has 1 unspecified atom stereocenters. The molecule has 0 aromatic rings. The molecule has 0 rings (SSSR count). The predicted octanol–water partition coefficient (Wildman–Crippen LogP) is 3.96. The fourth-order valence-corrected chi connectivity index (χ4v) is 2.34. The Labute approximate surface area is 93.8 Å². The van der Waals surface area contributed by atoms with Gasteiger partial charge in [0.05, 0.1) is 0 Å². The predicted molar refractivity (Wildman–Crippen MR) is 64.3 cm³/mol. The van der Waals surface area contributed by atoms with Gasteiger partial charge in [0.15, 0.2) is 0 Å². The van der Waals surface area contributed by atoms with Crippen molar-refractivity contribution in [1.29, 1.82) is 0 Å². The van der Waals surface area contributed by atoms with Gasteiger partial charge < -0.3 is 9.42 Å². The Hall–Kier alpha value is 0.150. The Kier molecular flexibility index (Phi) is 9.48. The fraction of sp³-hybridized carbons (Fsp3) is 1.00. The molecular weight excluding hydrogens is 211 g/mol. The van der Waals surface area contributed by atoms with E-state index in [2.05, 4.69) is 11.4 Å².